The van der Waals surface area contributed by atoms with Gasteiger partial charge in [-0.15, -0.1) is 0 Å². The summed E-state index contributed by atoms with van der Waals surface area (Å²) in [5.74, 6) is 0. The van der Waals surface area contributed by atoms with Gasteiger partial charge in [0.2, 0.25) is 0 Å². The van der Waals surface area contributed by atoms with Gasteiger partial charge in [0.15, 0.2) is 0 Å². The van der Waals surface area contributed by atoms with Crippen LogP contribution in [0.3, 0.4) is 0 Å². The first-order chi connectivity index (χ1) is 23.9. The minimum Gasteiger partial charge on any atom is -0.309 e. The number of aromatic nitrogens is 2. The van der Waals surface area contributed by atoms with Gasteiger partial charge in [-0.1, -0.05) is 103 Å². The molecule has 0 saturated heterocycles. The van der Waals surface area contributed by atoms with E-state index >= 15 is 0 Å². The summed E-state index contributed by atoms with van der Waals surface area (Å²) in [6.07, 6.45) is 0. The molecule has 6 aromatic carbocycles. The average molecular weight is 497 g/mol. The molecule has 0 atom stereocenters. The van der Waals surface area contributed by atoms with Crippen molar-refractivity contribution in [3.8, 4) is 22.5 Å². The van der Waals surface area contributed by atoms with Crippen LogP contribution in [0.2, 0.25) is 0 Å². The van der Waals surface area contributed by atoms with Crippen LogP contribution >= 0.6 is 0 Å². The van der Waals surface area contributed by atoms with Gasteiger partial charge in [-0.3, -0.25) is 0 Å². The first-order valence-electron chi connectivity index (χ1n) is 18.1. The molecule has 0 spiro atoms. The summed E-state index contributed by atoms with van der Waals surface area (Å²) in [7, 11) is 0. The number of nitrogens with zero attached hydrogens (tertiary/aromatic N) is 2. The molecular weight excluding hydrogens is 460 g/mol. The van der Waals surface area contributed by atoms with Gasteiger partial charge in [-0.05, 0) is 53.5 Å². The molecule has 0 N–H and O–H groups in total. The molecule has 0 radical (unpaired) electrons. The summed E-state index contributed by atoms with van der Waals surface area (Å²) in [6, 6.07) is 16.4. The second-order valence-electron chi connectivity index (χ2n) is 8.92. The fourth-order valence-corrected chi connectivity index (χ4v) is 5.32. The van der Waals surface area contributed by atoms with Crippen molar-refractivity contribution in [2.24, 2.45) is 0 Å². The Hall–Kier alpha value is -5.08. The SMILES string of the molecule is [2H]c1c([2H])c([2H])c(-c2ccc(-n3c4c([2H])c([2H])c([2H])c([2H])c4c4c(-n5c6ccccc6c6ccccc65)c([2H])c([2H])c([2H])c43)cc2)c([2H])c1[2H]. The van der Waals surface area contributed by atoms with Crippen molar-refractivity contribution >= 4 is 43.6 Å². The van der Waals surface area contributed by atoms with Crippen molar-refractivity contribution in [2.75, 3.05) is 0 Å². The standard InChI is InChI=1S/C36H24N2/c1-2-11-25(12-3-1)26-21-23-27(24-22-26)37-33-18-9-6-15-30(33)36-34(37)19-10-20-35(36)38-31-16-7-4-13-28(31)29-14-5-8-17-32(29)38/h1-24H/i1D,2D,3D,6D,9D,10D,11D,12D,15D,18D,19D,20D. The molecule has 38 heavy (non-hydrogen) atoms. The summed E-state index contributed by atoms with van der Waals surface area (Å²) in [4.78, 5) is 0. The third-order valence-corrected chi connectivity index (χ3v) is 6.92. The van der Waals surface area contributed by atoms with Crippen molar-refractivity contribution in [2.45, 2.75) is 0 Å². The topological polar surface area (TPSA) is 9.86 Å². The normalized spacial score (nSPS) is 16.1. The molecule has 178 valence electrons. The maximum absolute atomic E-state index is 9.26. The van der Waals surface area contributed by atoms with E-state index in [0.29, 0.717) is 22.3 Å². The highest BCUT2D eigenvalue weighted by Gasteiger charge is 2.19. The molecule has 0 fully saturated rings. The van der Waals surface area contributed by atoms with Crippen molar-refractivity contribution in [3.63, 3.8) is 0 Å². The van der Waals surface area contributed by atoms with E-state index in [0.717, 1.165) is 10.8 Å². The molecule has 0 saturated carbocycles. The Balaban J connectivity index is 1.54. The van der Waals surface area contributed by atoms with Crippen molar-refractivity contribution in [3.05, 3.63) is 145 Å². The summed E-state index contributed by atoms with van der Waals surface area (Å²) in [5.41, 5.74) is 2.42. The zero-order chi connectivity index (χ0) is 35.5. The summed E-state index contributed by atoms with van der Waals surface area (Å²) in [5, 5.41) is 2.05. The van der Waals surface area contributed by atoms with Crippen molar-refractivity contribution in [1.29, 1.82) is 0 Å². The lowest BCUT2D eigenvalue weighted by molar-refractivity contribution is 1.17. The summed E-state index contributed by atoms with van der Waals surface area (Å²) >= 11 is 0. The number of hydrogen-bond donors (Lipinski definition) is 0. The van der Waals surface area contributed by atoms with Gasteiger partial charge >= 0.3 is 0 Å². The van der Waals surface area contributed by atoms with E-state index in [1.165, 1.54) is 4.57 Å². The second-order valence-corrected chi connectivity index (χ2v) is 8.92. The van der Waals surface area contributed by atoms with Crippen LogP contribution in [0, 0.1) is 0 Å². The van der Waals surface area contributed by atoms with Gasteiger partial charge in [0, 0.05) is 27.2 Å². The lowest BCUT2D eigenvalue weighted by Crippen LogP contribution is -1.96. The Morgan fingerprint density at radius 2 is 1.05 bits per heavy atom. The number of hydrogen-bond acceptors (Lipinski definition) is 0. The van der Waals surface area contributed by atoms with Crippen molar-refractivity contribution in [1.82, 2.24) is 9.13 Å². The van der Waals surface area contributed by atoms with Crippen LogP contribution in [-0.2, 0) is 0 Å². The minimum absolute atomic E-state index is 0.00573. The zero-order valence-electron chi connectivity index (χ0n) is 31.8. The van der Waals surface area contributed by atoms with Gasteiger partial charge in [0.05, 0.1) is 44.2 Å². The zero-order valence-corrected chi connectivity index (χ0v) is 19.8. The van der Waals surface area contributed by atoms with E-state index in [-0.39, 0.29) is 69.3 Å². The van der Waals surface area contributed by atoms with Crippen LogP contribution in [-0.4, -0.2) is 9.13 Å². The van der Waals surface area contributed by atoms with E-state index in [1.807, 2.05) is 53.1 Å². The highest BCUT2D eigenvalue weighted by atomic mass is 15.0. The van der Waals surface area contributed by atoms with Gasteiger partial charge in [-0.25, -0.2) is 0 Å². The average Bonchev–Trinajstić information content (AvgIpc) is 3.65. The lowest BCUT2D eigenvalue weighted by atomic mass is 10.1. The summed E-state index contributed by atoms with van der Waals surface area (Å²) in [6.45, 7) is 0. The van der Waals surface area contributed by atoms with Crippen LogP contribution in [0.1, 0.15) is 16.4 Å². The predicted molar refractivity (Wildman–Crippen MR) is 161 cm³/mol. The fourth-order valence-electron chi connectivity index (χ4n) is 5.32. The maximum atomic E-state index is 9.26. The van der Waals surface area contributed by atoms with Crippen LogP contribution in [0.4, 0.5) is 0 Å². The number of para-hydroxylation sites is 3. The highest BCUT2D eigenvalue weighted by Crippen LogP contribution is 2.39. The highest BCUT2D eigenvalue weighted by molar-refractivity contribution is 6.16. The third kappa shape index (κ3) is 3.01. The van der Waals surface area contributed by atoms with Gasteiger partial charge in [-0.2, -0.15) is 0 Å². The van der Waals surface area contributed by atoms with Gasteiger partial charge in [0.25, 0.3) is 0 Å². The molecule has 0 aliphatic rings. The van der Waals surface area contributed by atoms with Crippen LogP contribution < -0.4 is 0 Å². The largest absolute Gasteiger partial charge is 0.309 e. The molecule has 0 aliphatic carbocycles. The quantitative estimate of drug-likeness (QED) is 0.230. The van der Waals surface area contributed by atoms with E-state index in [2.05, 4.69) is 0 Å². The number of benzene rings is 6. The van der Waals surface area contributed by atoms with Crippen LogP contribution in [0.25, 0.3) is 66.1 Å². The van der Waals surface area contributed by atoms with E-state index in [9.17, 15) is 2.74 Å². The van der Waals surface area contributed by atoms with Gasteiger partial charge < -0.3 is 9.13 Å². The Kier molecular flexibility index (Phi) is 2.69. The second kappa shape index (κ2) is 8.22. The lowest BCUT2D eigenvalue weighted by Gasteiger charge is -2.12. The van der Waals surface area contributed by atoms with Crippen LogP contribution in [0.15, 0.2) is 145 Å². The molecule has 0 unspecified atom stereocenters. The van der Waals surface area contributed by atoms with E-state index < -0.39 is 36.3 Å². The molecular formula is C36H24N2. The number of fused-ring (bicyclic) bond motifs is 6. The Morgan fingerprint density at radius 1 is 0.421 bits per heavy atom. The number of rotatable bonds is 3. The molecule has 0 aliphatic heterocycles. The molecule has 2 aromatic heterocycles. The third-order valence-electron chi connectivity index (χ3n) is 6.92. The Labute approximate surface area is 237 Å². The van der Waals surface area contributed by atoms with Crippen LogP contribution in [0.5, 0.6) is 0 Å². The van der Waals surface area contributed by atoms with Crippen molar-refractivity contribution < 1.29 is 16.4 Å². The smallest absolute Gasteiger partial charge is 0.0645 e. The van der Waals surface area contributed by atoms with Gasteiger partial charge in [0.1, 0.15) is 0 Å². The molecule has 8 aromatic rings. The summed E-state index contributed by atoms with van der Waals surface area (Å²) < 4.78 is 107. The predicted octanol–water partition coefficient (Wildman–Crippen LogP) is 9.55. The van der Waals surface area contributed by atoms with E-state index in [4.69, 9.17) is 13.7 Å². The van der Waals surface area contributed by atoms with E-state index in [1.54, 1.807) is 24.3 Å². The molecule has 2 nitrogen and oxygen atoms in total. The molecule has 8 rings (SSSR count). The maximum Gasteiger partial charge on any atom is 0.0645 e. The minimum atomic E-state index is -0.512. The molecule has 2 heterocycles. The Bertz CT molecular complexity index is 2700. The fraction of sp³-hybridized carbons (Fsp3) is 0. The molecule has 0 amide bonds. The first-order valence-corrected chi connectivity index (χ1v) is 12.1. The first kappa shape index (κ1) is 12.4. The monoisotopic (exact) mass is 496 g/mol. The molecule has 0 bridgehead atoms. The Morgan fingerprint density at radius 3 is 1.79 bits per heavy atom. The molecule has 2 heteroatoms.